The number of hydrogen-bond acceptors (Lipinski definition) is 6. The van der Waals surface area contributed by atoms with Gasteiger partial charge >= 0.3 is 5.97 Å². The van der Waals surface area contributed by atoms with Crippen LogP contribution in [0.2, 0.25) is 0 Å². The van der Waals surface area contributed by atoms with E-state index in [1.165, 1.54) is 0 Å². The van der Waals surface area contributed by atoms with Crippen molar-refractivity contribution in [2.24, 2.45) is 5.10 Å². The Labute approximate surface area is 133 Å². The first-order valence-corrected chi connectivity index (χ1v) is 7.42. The second-order valence-corrected chi connectivity index (χ2v) is 5.70. The van der Waals surface area contributed by atoms with Crippen molar-refractivity contribution in [3.05, 3.63) is 29.8 Å². The van der Waals surface area contributed by atoms with Crippen molar-refractivity contribution in [2.75, 3.05) is 11.5 Å². The van der Waals surface area contributed by atoms with Crippen LogP contribution < -0.4 is 10.3 Å². The highest BCUT2D eigenvalue weighted by Crippen LogP contribution is 2.34. The molecule has 1 saturated heterocycles. The zero-order valence-electron chi connectivity index (χ0n) is 13.0. The lowest BCUT2D eigenvalue weighted by Crippen LogP contribution is -2.47. The summed E-state index contributed by atoms with van der Waals surface area (Å²) in [6, 6.07) is 7.17. The Morgan fingerprint density at radius 2 is 2.17 bits per heavy atom. The molecule has 120 valence electrons. The number of hydrazone groups is 1. The summed E-state index contributed by atoms with van der Waals surface area (Å²) in [4.78, 5) is 38.1. The summed E-state index contributed by atoms with van der Waals surface area (Å²) in [7, 11) is 0. The van der Waals surface area contributed by atoms with E-state index in [0.29, 0.717) is 5.69 Å². The third-order valence-corrected chi connectivity index (χ3v) is 3.96. The number of benzene rings is 1. The van der Waals surface area contributed by atoms with Gasteiger partial charge in [0.05, 0.1) is 18.7 Å². The van der Waals surface area contributed by atoms with Crippen LogP contribution in [0.5, 0.6) is 0 Å². The number of nitrogens with one attached hydrogen (secondary N) is 1. The minimum Gasteiger partial charge on any atom is -0.461 e. The van der Waals surface area contributed by atoms with Crippen molar-refractivity contribution >= 4 is 29.2 Å². The first-order valence-electron chi connectivity index (χ1n) is 7.42. The third-order valence-electron chi connectivity index (χ3n) is 3.96. The summed E-state index contributed by atoms with van der Waals surface area (Å²) in [6.45, 7) is 3.81. The van der Waals surface area contributed by atoms with Gasteiger partial charge < -0.3 is 4.74 Å². The molecule has 0 aliphatic carbocycles. The van der Waals surface area contributed by atoms with E-state index in [2.05, 4.69) is 10.5 Å². The zero-order chi connectivity index (χ0) is 16.6. The number of imide groups is 1. The van der Waals surface area contributed by atoms with Crippen molar-refractivity contribution in [1.29, 1.82) is 0 Å². The molecule has 2 amide bonds. The minimum atomic E-state index is -1.18. The molecule has 7 nitrogen and oxygen atoms in total. The number of aryl methyl sites for hydroxylation is 1. The Morgan fingerprint density at radius 3 is 2.87 bits per heavy atom. The van der Waals surface area contributed by atoms with E-state index in [1.54, 1.807) is 25.1 Å². The van der Waals surface area contributed by atoms with E-state index in [0.717, 1.165) is 10.5 Å². The van der Waals surface area contributed by atoms with E-state index < -0.39 is 17.4 Å². The molecule has 1 spiro atoms. The molecule has 2 aliphatic rings. The minimum absolute atomic E-state index is 0.0355. The van der Waals surface area contributed by atoms with Crippen LogP contribution in [-0.4, -0.2) is 35.6 Å². The first-order chi connectivity index (χ1) is 11.0. The lowest BCUT2D eigenvalue weighted by molar-refractivity contribution is -0.135. The molecule has 1 aromatic rings. The van der Waals surface area contributed by atoms with Crippen molar-refractivity contribution in [3.63, 3.8) is 0 Å². The Bertz CT molecular complexity index is 728. The molecule has 23 heavy (non-hydrogen) atoms. The molecule has 1 fully saturated rings. The second kappa shape index (κ2) is 5.49. The maximum absolute atomic E-state index is 12.8. The number of carbonyl (C=O) groups is 3. The summed E-state index contributed by atoms with van der Waals surface area (Å²) in [5.74, 6) is -1.27. The number of esters is 1. The van der Waals surface area contributed by atoms with E-state index in [4.69, 9.17) is 4.74 Å². The van der Waals surface area contributed by atoms with Gasteiger partial charge in [-0.05, 0) is 31.5 Å². The molecule has 0 aromatic heterocycles. The summed E-state index contributed by atoms with van der Waals surface area (Å²) < 4.78 is 4.90. The Kier molecular flexibility index (Phi) is 3.63. The predicted octanol–water partition coefficient (Wildman–Crippen LogP) is 0.910. The smallest absolute Gasteiger partial charge is 0.354 e. The average Bonchev–Trinajstić information content (AvgIpc) is 3.02. The molecule has 1 atom stereocenters. The predicted molar refractivity (Wildman–Crippen MR) is 82.8 cm³/mol. The zero-order valence-corrected chi connectivity index (χ0v) is 13.0. The SMILES string of the molecule is CCOC(=O)C1=NN[C@@]2(CC(=O)N(c3cccc(C)c3)C2=O)C1. The molecule has 1 N–H and O–H groups in total. The van der Waals surface area contributed by atoms with Gasteiger partial charge in [-0.3, -0.25) is 15.0 Å². The monoisotopic (exact) mass is 315 g/mol. The maximum Gasteiger partial charge on any atom is 0.354 e. The lowest BCUT2D eigenvalue weighted by atomic mass is 9.93. The first kappa shape index (κ1) is 15.2. The van der Waals surface area contributed by atoms with Gasteiger partial charge in [0.1, 0.15) is 11.3 Å². The molecule has 0 unspecified atom stereocenters. The van der Waals surface area contributed by atoms with Gasteiger partial charge in [-0.1, -0.05) is 12.1 Å². The Morgan fingerprint density at radius 1 is 1.39 bits per heavy atom. The number of nitrogens with zero attached hydrogens (tertiary/aromatic N) is 2. The fraction of sp³-hybridized carbons (Fsp3) is 0.375. The number of anilines is 1. The van der Waals surface area contributed by atoms with Crippen LogP contribution in [0.3, 0.4) is 0 Å². The molecule has 2 aliphatic heterocycles. The number of amides is 2. The van der Waals surface area contributed by atoms with E-state index >= 15 is 0 Å². The van der Waals surface area contributed by atoms with Gasteiger partial charge in [-0.2, -0.15) is 5.10 Å². The van der Waals surface area contributed by atoms with Gasteiger partial charge in [0.2, 0.25) is 5.91 Å². The van der Waals surface area contributed by atoms with Crippen LogP contribution in [0.4, 0.5) is 5.69 Å². The van der Waals surface area contributed by atoms with Crippen molar-refractivity contribution in [1.82, 2.24) is 5.43 Å². The molecule has 7 heteroatoms. The summed E-state index contributed by atoms with van der Waals surface area (Å²) in [5, 5.41) is 3.91. The number of rotatable bonds is 3. The highest BCUT2D eigenvalue weighted by Gasteiger charge is 2.56. The fourth-order valence-electron chi connectivity index (χ4n) is 2.87. The highest BCUT2D eigenvalue weighted by atomic mass is 16.5. The van der Waals surface area contributed by atoms with Crippen LogP contribution in [0.25, 0.3) is 0 Å². The van der Waals surface area contributed by atoms with Gasteiger partial charge in [0, 0.05) is 6.42 Å². The second-order valence-electron chi connectivity index (χ2n) is 5.70. The molecule has 1 aromatic carbocycles. The van der Waals surface area contributed by atoms with Crippen LogP contribution >= 0.6 is 0 Å². The van der Waals surface area contributed by atoms with Crippen molar-refractivity contribution < 1.29 is 19.1 Å². The largest absolute Gasteiger partial charge is 0.461 e. The quantitative estimate of drug-likeness (QED) is 0.661. The van der Waals surface area contributed by atoms with Gasteiger partial charge in [0.15, 0.2) is 0 Å². The van der Waals surface area contributed by atoms with Crippen LogP contribution in [0, 0.1) is 6.92 Å². The number of ether oxygens (including phenoxy) is 1. The molecule has 0 saturated carbocycles. The van der Waals surface area contributed by atoms with Crippen LogP contribution in [0.1, 0.15) is 25.3 Å². The van der Waals surface area contributed by atoms with Crippen LogP contribution in [-0.2, 0) is 19.1 Å². The lowest BCUT2D eigenvalue weighted by Gasteiger charge is -2.21. The highest BCUT2D eigenvalue weighted by molar-refractivity contribution is 6.39. The fourth-order valence-corrected chi connectivity index (χ4v) is 2.87. The van der Waals surface area contributed by atoms with Crippen LogP contribution in [0.15, 0.2) is 29.4 Å². The van der Waals surface area contributed by atoms with Crippen molar-refractivity contribution in [3.8, 4) is 0 Å². The Hall–Kier alpha value is -2.70. The topological polar surface area (TPSA) is 88.1 Å². The van der Waals surface area contributed by atoms with Crippen molar-refractivity contribution in [2.45, 2.75) is 32.2 Å². The standard InChI is InChI=1S/C16H17N3O4/c1-3-23-14(21)12-8-16(18-17-12)9-13(20)19(15(16)22)11-6-4-5-10(2)7-11/h4-7,18H,3,8-9H2,1-2H3/t16-/m1/s1. The average molecular weight is 315 g/mol. The third kappa shape index (κ3) is 2.48. The number of hydrogen-bond donors (Lipinski definition) is 1. The number of carbonyl (C=O) groups excluding carboxylic acids is 3. The maximum atomic E-state index is 12.8. The van der Waals surface area contributed by atoms with Gasteiger partial charge in [-0.25, -0.2) is 9.69 Å². The summed E-state index contributed by atoms with van der Waals surface area (Å²) in [5.41, 5.74) is 3.13. The molecule has 0 radical (unpaired) electrons. The van der Waals surface area contributed by atoms with E-state index in [1.807, 2.05) is 13.0 Å². The molecule has 2 heterocycles. The summed E-state index contributed by atoms with van der Waals surface area (Å²) >= 11 is 0. The summed E-state index contributed by atoms with van der Waals surface area (Å²) in [6.07, 6.45) is 0.0188. The normalized spacial score (nSPS) is 23.2. The molecule has 0 bridgehead atoms. The van der Waals surface area contributed by atoms with Gasteiger partial charge in [-0.15, -0.1) is 0 Å². The molecule has 3 rings (SSSR count). The van der Waals surface area contributed by atoms with Gasteiger partial charge in [0.25, 0.3) is 5.91 Å². The molecular formula is C16H17N3O4. The molecular weight excluding hydrogens is 298 g/mol. The van der Waals surface area contributed by atoms with E-state index in [-0.39, 0.29) is 31.1 Å². The van der Waals surface area contributed by atoms with E-state index in [9.17, 15) is 14.4 Å². The Balaban J connectivity index is 1.84.